The smallest absolute Gasteiger partial charge is 0.123 e. The largest absolute Gasteiger partial charge is 0.326 e. The van der Waals surface area contributed by atoms with Gasteiger partial charge in [-0.15, -0.1) is 0 Å². The van der Waals surface area contributed by atoms with E-state index in [1.54, 1.807) is 18.3 Å². The van der Waals surface area contributed by atoms with Gasteiger partial charge in [-0.3, -0.25) is 0 Å². The van der Waals surface area contributed by atoms with Gasteiger partial charge >= 0.3 is 0 Å². The Morgan fingerprint density at radius 3 is 2.84 bits per heavy atom. The Balaban J connectivity index is 2.43. The van der Waals surface area contributed by atoms with E-state index in [9.17, 15) is 4.39 Å². The Morgan fingerprint density at radius 1 is 1.42 bits per heavy atom. The van der Waals surface area contributed by atoms with E-state index >= 15 is 0 Å². The first kappa shape index (κ1) is 13.7. The summed E-state index contributed by atoms with van der Waals surface area (Å²) in [5.41, 5.74) is 6.98. The van der Waals surface area contributed by atoms with Gasteiger partial charge in [0.2, 0.25) is 0 Å². The van der Waals surface area contributed by atoms with Gasteiger partial charge < -0.3 is 10.3 Å². The second kappa shape index (κ2) is 5.97. The lowest BCUT2D eigenvalue weighted by Gasteiger charge is -2.25. The molecule has 2 atom stereocenters. The van der Waals surface area contributed by atoms with Crippen LogP contribution in [-0.2, 0) is 6.42 Å². The summed E-state index contributed by atoms with van der Waals surface area (Å²) < 4.78 is 15.5. The van der Waals surface area contributed by atoms with Crippen LogP contribution in [0.5, 0.6) is 0 Å². The normalized spacial score (nSPS) is 14.3. The molecular weight excluding hydrogens is 241 g/mol. The number of nitrogens with zero attached hydrogens (tertiary/aromatic N) is 2. The van der Waals surface area contributed by atoms with Crippen LogP contribution in [0.25, 0.3) is 0 Å². The molecule has 0 fully saturated rings. The van der Waals surface area contributed by atoms with Crippen LogP contribution < -0.4 is 5.73 Å². The van der Waals surface area contributed by atoms with Crippen LogP contribution >= 0.6 is 0 Å². The third-order valence-corrected chi connectivity index (χ3v) is 3.21. The van der Waals surface area contributed by atoms with E-state index in [1.165, 1.54) is 6.07 Å². The predicted octanol–water partition coefficient (Wildman–Crippen LogP) is 2.91. The molecule has 1 aromatic heterocycles. The summed E-state index contributed by atoms with van der Waals surface area (Å²) in [6, 6.07) is 6.42. The summed E-state index contributed by atoms with van der Waals surface area (Å²) in [6.45, 7) is 4.05. The van der Waals surface area contributed by atoms with Crippen molar-refractivity contribution in [2.24, 2.45) is 5.73 Å². The average Bonchev–Trinajstić information content (AvgIpc) is 2.78. The number of aryl methyl sites for hydroxylation is 1. The molecule has 0 aliphatic rings. The Bertz CT molecular complexity index is 534. The van der Waals surface area contributed by atoms with Crippen molar-refractivity contribution >= 4 is 0 Å². The lowest BCUT2D eigenvalue weighted by Crippen LogP contribution is -2.31. The molecule has 19 heavy (non-hydrogen) atoms. The van der Waals surface area contributed by atoms with Crippen LogP contribution in [0.2, 0.25) is 0 Å². The van der Waals surface area contributed by atoms with Crippen molar-refractivity contribution in [1.29, 1.82) is 0 Å². The lowest BCUT2D eigenvalue weighted by atomic mass is 10.0. The van der Waals surface area contributed by atoms with Crippen LogP contribution in [0.3, 0.4) is 0 Å². The highest BCUT2D eigenvalue weighted by Crippen LogP contribution is 2.23. The van der Waals surface area contributed by atoms with Crippen LogP contribution in [0.4, 0.5) is 4.39 Å². The molecular formula is C15H20FN3. The molecule has 0 aliphatic carbocycles. The van der Waals surface area contributed by atoms with Gasteiger partial charge in [0.05, 0.1) is 6.04 Å². The van der Waals surface area contributed by atoms with E-state index in [1.807, 2.05) is 19.2 Å². The van der Waals surface area contributed by atoms with Gasteiger partial charge in [0.1, 0.15) is 11.6 Å². The van der Waals surface area contributed by atoms with E-state index in [4.69, 9.17) is 5.73 Å². The van der Waals surface area contributed by atoms with E-state index in [2.05, 4.69) is 16.5 Å². The van der Waals surface area contributed by atoms with Crippen molar-refractivity contribution in [3.8, 4) is 0 Å². The van der Waals surface area contributed by atoms with Crippen molar-refractivity contribution in [2.45, 2.75) is 38.8 Å². The van der Waals surface area contributed by atoms with Gasteiger partial charge in [-0.1, -0.05) is 19.1 Å². The van der Waals surface area contributed by atoms with Crippen LogP contribution in [-0.4, -0.2) is 15.6 Å². The highest BCUT2D eigenvalue weighted by molar-refractivity contribution is 5.23. The van der Waals surface area contributed by atoms with E-state index in [0.29, 0.717) is 0 Å². The minimum atomic E-state index is -0.236. The number of hydrogen-bond donors (Lipinski definition) is 1. The number of hydrogen-bond acceptors (Lipinski definition) is 2. The Hall–Kier alpha value is -1.68. The summed E-state index contributed by atoms with van der Waals surface area (Å²) in [5, 5.41) is 0. The summed E-state index contributed by atoms with van der Waals surface area (Å²) in [6.07, 6.45) is 5.61. The highest BCUT2D eigenvalue weighted by atomic mass is 19.1. The van der Waals surface area contributed by atoms with E-state index in [0.717, 1.165) is 24.2 Å². The molecule has 0 saturated carbocycles. The van der Waals surface area contributed by atoms with Gasteiger partial charge in [-0.25, -0.2) is 9.37 Å². The van der Waals surface area contributed by atoms with Gasteiger partial charge in [-0.05, 0) is 31.0 Å². The SMILES string of the molecule is CCCc1nccn1C(c1cccc(F)c1)C(C)N. The van der Waals surface area contributed by atoms with Gasteiger partial charge in [-0.2, -0.15) is 0 Å². The second-order valence-corrected chi connectivity index (χ2v) is 4.86. The Morgan fingerprint density at radius 2 is 2.21 bits per heavy atom. The first-order valence-electron chi connectivity index (χ1n) is 6.66. The minimum absolute atomic E-state index is 0.0836. The maximum atomic E-state index is 13.4. The molecule has 0 radical (unpaired) electrons. The van der Waals surface area contributed by atoms with Crippen LogP contribution in [0.15, 0.2) is 36.7 Å². The highest BCUT2D eigenvalue weighted by Gasteiger charge is 2.20. The molecule has 102 valence electrons. The number of nitrogens with two attached hydrogens (primary N) is 1. The van der Waals surface area contributed by atoms with Gasteiger partial charge in [0.25, 0.3) is 0 Å². The number of halogens is 1. The van der Waals surface area contributed by atoms with Crippen molar-refractivity contribution < 1.29 is 4.39 Å². The van der Waals surface area contributed by atoms with E-state index < -0.39 is 0 Å². The first-order valence-corrected chi connectivity index (χ1v) is 6.66. The molecule has 0 bridgehead atoms. The Labute approximate surface area is 113 Å². The molecule has 0 spiro atoms. The van der Waals surface area contributed by atoms with Crippen LogP contribution in [0.1, 0.15) is 37.7 Å². The fourth-order valence-corrected chi connectivity index (χ4v) is 2.42. The van der Waals surface area contributed by atoms with Crippen LogP contribution in [0, 0.1) is 5.82 Å². The zero-order chi connectivity index (χ0) is 13.8. The minimum Gasteiger partial charge on any atom is -0.326 e. The summed E-state index contributed by atoms with van der Waals surface area (Å²) in [7, 11) is 0. The molecule has 3 nitrogen and oxygen atoms in total. The summed E-state index contributed by atoms with van der Waals surface area (Å²) in [4.78, 5) is 4.37. The quantitative estimate of drug-likeness (QED) is 0.899. The molecule has 2 N–H and O–H groups in total. The van der Waals surface area contributed by atoms with Gasteiger partial charge in [0, 0.05) is 24.9 Å². The topological polar surface area (TPSA) is 43.8 Å². The Kier molecular flexibility index (Phi) is 4.32. The maximum Gasteiger partial charge on any atom is 0.123 e. The lowest BCUT2D eigenvalue weighted by molar-refractivity contribution is 0.475. The van der Waals surface area contributed by atoms with Gasteiger partial charge in [0.15, 0.2) is 0 Å². The second-order valence-electron chi connectivity index (χ2n) is 4.86. The molecule has 1 heterocycles. The number of benzene rings is 1. The number of rotatable bonds is 5. The average molecular weight is 261 g/mol. The maximum absolute atomic E-state index is 13.4. The third kappa shape index (κ3) is 3.01. The summed E-state index contributed by atoms with van der Waals surface area (Å²) >= 11 is 0. The first-order chi connectivity index (χ1) is 9.13. The number of aromatic nitrogens is 2. The zero-order valence-corrected chi connectivity index (χ0v) is 11.4. The molecule has 0 saturated heterocycles. The molecule has 2 unspecified atom stereocenters. The predicted molar refractivity (Wildman–Crippen MR) is 74.4 cm³/mol. The molecule has 2 aromatic rings. The monoisotopic (exact) mass is 261 g/mol. The van der Waals surface area contributed by atoms with Crippen molar-refractivity contribution in [3.05, 3.63) is 53.9 Å². The molecule has 0 aliphatic heterocycles. The molecule has 2 rings (SSSR count). The summed E-state index contributed by atoms with van der Waals surface area (Å²) in [5.74, 6) is 0.759. The standard InChI is InChI=1S/C15H20FN3/c1-3-5-14-18-8-9-19(14)15(11(2)17)12-6-4-7-13(16)10-12/h4,6-11,15H,3,5,17H2,1-2H3. The zero-order valence-electron chi connectivity index (χ0n) is 11.4. The van der Waals surface area contributed by atoms with Crippen molar-refractivity contribution in [2.75, 3.05) is 0 Å². The fraction of sp³-hybridized carbons (Fsp3) is 0.400. The van der Waals surface area contributed by atoms with E-state index in [-0.39, 0.29) is 17.9 Å². The molecule has 0 amide bonds. The third-order valence-electron chi connectivity index (χ3n) is 3.21. The van der Waals surface area contributed by atoms with Crippen molar-refractivity contribution in [1.82, 2.24) is 9.55 Å². The number of imidazole rings is 1. The fourth-order valence-electron chi connectivity index (χ4n) is 2.42. The molecule has 4 heteroatoms. The molecule has 1 aromatic carbocycles. The van der Waals surface area contributed by atoms with Crippen molar-refractivity contribution in [3.63, 3.8) is 0 Å².